The third-order valence-corrected chi connectivity index (χ3v) is 6.36. The smallest absolute Gasteiger partial charge is 0.351 e. The number of benzene rings is 4. The minimum Gasteiger partial charge on any atom is -0.716 e. The van der Waals surface area contributed by atoms with Gasteiger partial charge in [0, 0.05) is 10.9 Å². The van der Waals surface area contributed by atoms with Gasteiger partial charge in [-0.2, -0.15) is 9.47 Å². The van der Waals surface area contributed by atoms with Gasteiger partial charge in [-0.05, 0) is 36.4 Å². The minimum atomic E-state index is 0.485. The molecule has 0 amide bonds. The van der Waals surface area contributed by atoms with Crippen molar-refractivity contribution in [2.75, 3.05) is 4.90 Å². The van der Waals surface area contributed by atoms with E-state index in [-0.39, 0.29) is 0 Å². The van der Waals surface area contributed by atoms with Crippen LogP contribution in [0.25, 0.3) is 16.9 Å². The largest absolute Gasteiger partial charge is 0.716 e. The van der Waals surface area contributed by atoms with Crippen molar-refractivity contribution in [3.8, 4) is 16.9 Å². The van der Waals surface area contributed by atoms with Crippen molar-refractivity contribution in [3.05, 3.63) is 127 Å². The van der Waals surface area contributed by atoms with E-state index >= 15 is 0 Å². The molecule has 0 saturated carbocycles. The van der Waals surface area contributed by atoms with E-state index in [4.69, 9.17) is 17.6 Å². The van der Waals surface area contributed by atoms with Crippen LogP contribution in [0.4, 0.5) is 16.5 Å². The van der Waals surface area contributed by atoms with E-state index in [1.54, 1.807) is 11.3 Å². The molecule has 5 aromatic rings. The average molecular weight is 464 g/mol. The molecule has 0 atom stereocenters. The number of aromatic nitrogens is 1. The number of para-hydroxylation sites is 3. The van der Waals surface area contributed by atoms with Gasteiger partial charge >= 0.3 is 5.13 Å². The molecule has 5 rings (SSSR count). The van der Waals surface area contributed by atoms with Crippen molar-refractivity contribution in [1.29, 1.82) is 0 Å². The molecule has 160 valence electrons. The molecule has 0 unspecified atom stereocenters. The van der Waals surface area contributed by atoms with Crippen LogP contribution < -0.4 is 9.47 Å². The van der Waals surface area contributed by atoms with E-state index in [0.29, 0.717) is 5.17 Å². The Balaban J connectivity index is 1.73. The van der Waals surface area contributed by atoms with Gasteiger partial charge < -0.3 is 12.6 Å². The lowest BCUT2D eigenvalue weighted by Crippen LogP contribution is -2.39. The van der Waals surface area contributed by atoms with Crippen LogP contribution in [-0.4, -0.2) is 5.17 Å². The highest BCUT2D eigenvalue weighted by atomic mass is 32.1. The summed E-state index contributed by atoms with van der Waals surface area (Å²) in [4.78, 5) is 6.83. The van der Waals surface area contributed by atoms with Crippen LogP contribution in [-0.2, 0) is 12.6 Å². The number of aliphatic imine (C=N–C) groups is 1. The standard InChI is InChI=1S/C28H21N3S2/c32-27(29-23-15-7-2-8-16-23)31(25-19-11-4-12-20-25)28-30(24-17-9-3-10-18-24)26(21-33-28)22-13-5-1-6-14-22/h1-21H. The van der Waals surface area contributed by atoms with Crippen LogP contribution in [0.15, 0.2) is 132 Å². The molecule has 3 nitrogen and oxygen atoms in total. The van der Waals surface area contributed by atoms with E-state index in [1.807, 2.05) is 65.6 Å². The van der Waals surface area contributed by atoms with E-state index in [0.717, 1.165) is 33.5 Å². The molecule has 33 heavy (non-hydrogen) atoms. The molecule has 0 aliphatic carbocycles. The van der Waals surface area contributed by atoms with Crippen molar-refractivity contribution < 1.29 is 4.57 Å². The summed E-state index contributed by atoms with van der Waals surface area (Å²) in [6, 6.07) is 40.8. The van der Waals surface area contributed by atoms with Crippen LogP contribution in [0.1, 0.15) is 0 Å². The molecule has 1 aromatic heterocycles. The number of anilines is 2. The predicted molar refractivity (Wildman–Crippen MR) is 141 cm³/mol. The second-order valence-corrected chi connectivity index (χ2v) is 8.54. The topological polar surface area (TPSA) is 19.5 Å². The van der Waals surface area contributed by atoms with Crippen LogP contribution >= 0.6 is 11.3 Å². The summed E-state index contributed by atoms with van der Waals surface area (Å²) in [5.41, 5.74) is 5.10. The van der Waals surface area contributed by atoms with E-state index in [1.165, 1.54) is 0 Å². The van der Waals surface area contributed by atoms with E-state index in [9.17, 15) is 0 Å². The Kier molecular flexibility index (Phi) is 6.24. The van der Waals surface area contributed by atoms with E-state index < -0.39 is 0 Å². The fourth-order valence-corrected chi connectivity index (χ4v) is 5.07. The van der Waals surface area contributed by atoms with Gasteiger partial charge in [0.1, 0.15) is 11.4 Å². The molecule has 0 aliphatic rings. The van der Waals surface area contributed by atoms with Crippen LogP contribution in [0, 0.1) is 0 Å². The zero-order valence-electron chi connectivity index (χ0n) is 17.8. The van der Waals surface area contributed by atoms with Gasteiger partial charge in [-0.3, -0.25) is 0 Å². The first-order valence-electron chi connectivity index (χ1n) is 10.6. The third kappa shape index (κ3) is 4.55. The highest BCUT2D eigenvalue weighted by Gasteiger charge is 2.29. The van der Waals surface area contributed by atoms with Crippen LogP contribution in [0.3, 0.4) is 0 Å². The molecule has 0 saturated heterocycles. The molecular formula is C28H21N3S2. The molecule has 0 bridgehead atoms. The normalized spacial score (nSPS) is 11.3. The number of rotatable bonds is 5. The first-order chi connectivity index (χ1) is 16.3. The Morgan fingerprint density at radius 2 is 1.24 bits per heavy atom. The SMILES string of the molecule is [S-]C(=Nc1ccccc1)N(c1ccccc1)c1scc(-c2ccccc2)[n+]1-c1ccccc1. The third-order valence-electron chi connectivity index (χ3n) is 5.17. The van der Waals surface area contributed by atoms with Gasteiger partial charge in [0.25, 0.3) is 0 Å². The maximum absolute atomic E-state index is 5.91. The van der Waals surface area contributed by atoms with Crippen molar-refractivity contribution in [2.45, 2.75) is 0 Å². The summed E-state index contributed by atoms with van der Waals surface area (Å²) in [5.74, 6) is 0. The monoisotopic (exact) mass is 463 g/mol. The molecule has 0 N–H and O–H groups in total. The number of hydrogen-bond donors (Lipinski definition) is 0. The lowest BCUT2D eigenvalue weighted by molar-refractivity contribution is -0.564. The first kappa shape index (κ1) is 21.1. The van der Waals surface area contributed by atoms with Crippen molar-refractivity contribution in [1.82, 2.24) is 0 Å². The summed E-state index contributed by atoms with van der Waals surface area (Å²) < 4.78 is 2.25. The molecule has 5 heteroatoms. The fraction of sp³-hybridized carbons (Fsp3) is 0. The Hall–Kier alpha value is -3.80. The lowest BCUT2D eigenvalue weighted by Gasteiger charge is -2.22. The van der Waals surface area contributed by atoms with Gasteiger partial charge in [0.2, 0.25) is 0 Å². The zero-order chi connectivity index (χ0) is 22.5. The number of nitrogens with zero attached hydrogens (tertiary/aromatic N) is 3. The summed E-state index contributed by atoms with van der Waals surface area (Å²) in [6.07, 6.45) is 0. The minimum absolute atomic E-state index is 0.485. The Labute approximate surface area is 203 Å². The van der Waals surface area contributed by atoms with Crippen molar-refractivity contribution in [3.63, 3.8) is 0 Å². The van der Waals surface area contributed by atoms with Gasteiger partial charge in [-0.15, -0.1) is 0 Å². The summed E-state index contributed by atoms with van der Waals surface area (Å²) >= 11 is 7.56. The second kappa shape index (κ2) is 9.77. The van der Waals surface area contributed by atoms with Gasteiger partial charge in [0.15, 0.2) is 5.69 Å². The maximum atomic E-state index is 5.91. The number of amidine groups is 1. The highest BCUT2D eigenvalue weighted by Crippen LogP contribution is 2.33. The Morgan fingerprint density at radius 3 is 1.88 bits per heavy atom. The molecule has 1 heterocycles. The maximum Gasteiger partial charge on any atom is 0.351 e. The highest BCUT2D eigenvalue weighted by molar-refractivity contribution is 7.78. The molecule has 0 spiro atoms. The van der Waals surface area contributed by atoms with Crippen LogP contribution in [0.5, 0.6) is 0 Å². The predicted octanol–water partition coefficient (Wildman–Crippen LogP) is 7.06. The second-order valence-electron chi connectivity index (χ2n) is 7.34. The number of hydrogen-bond acceptors (Lipinski definition) is 3. The Morgan fingerprint density at radius 1 is 0.697 bits per heavy atom. The lowest BCUT2D eigenvalue weighted by atomic mass is 10.1. The first-order valence-corrected chi connectivity index (χ1v) is 11.9. The Bertz CT molecular complexity index is 1350. The van der Waals surface area contributed by atoms with Crippen molar-refractivity contribution in [2.24, 2.45) is 4.99 Å². The number of thiazole rings is 1. The summed E-state index contributed by atoms with van der Waals surface area (Å²) in [6.45, 7) is 0. The van der Waals surface area contributed by atoms with Gasteiger partial charge in [0.05, 0.1) is 10.9 Å². The van der Waals surface area contributed by atoms with Gasteiger partial charge in [-0.1, -0.05) is 96.3 Å². The van der Waals surface area contributed by atoms with Crippen molar-refractivity contribution >= 4 is 45.6 Å². The average Bonchev–Trinajstić information content (AvgIpc) is 3.31. The van der Waals surface area contributed by atoms with E-state index in [2.05, 4.69) is 70.6 Å². The molecular weight excluding hydrogens is 442 g/mol. The van der Waals surface area contributed by atoms with Crippen LogP contribution in [0.2, 0.25) is 0 Å². The molecule has 0 aliphatic heterocycles. The van der Waals surface area contributed by atoms with Gasteiger partial charge in [-0.25, -0.2) is 4.99 Å². The molecule has 4 aromatic carbocycles. The zero-order valence-corrected chi connectivity index (χ0v) is 19.4. The summed E-state index contributed by atoms with van der Waals surface area (Å²) in [7, 11) is 0. The fourth-order valence-electron chi connectivity index (χ4n) is 3.65. The molecule has 0 fully saturated rings. The molecule has 0 radical (unpaired) electrons. The quantitative estimate of drug-likeness (QED) is 0.120. The summed E-state index contributed by atoms with van der Waals surface area (Å²) in [5, 5.41) is 3.63.